The molecule has 19 heavy (non-hydrogen) atoms. The van der Waals surface area contributed by atoms with Gasteiger partial charge < -0.3 is 5.32 Å². The molecule has 0 bridgehead atoms. The molecule has 104 valence electrons. The molecular formula is C15H19BrClNO. The van der Waals surface area contributed by atoms with Crippen LogP contribution in [0.4, 0.5) is 5.69 Å². The third-order valence-electron chi connectivity index (χ3n) is 3.72. The van der Waals surface area contributed by atoms with Gasteiger partial charge in [0.1, 0.15) is 0 Å². The molecule has 0 atom stereocenters. The van der Waals surface area contributed by atoms with Crippen LogP contribution in [0.2, 0.25) is 5.02 Å². The number of carbonyl (C=O) groups excluding carboxylic acids is 1. The molecule has 0 spiro atoms. The Kier molecular flexibility index (Phi) is 5.28. The van der Waals surface area contributed by atoms with Crippen LogP contribution in [0.25, 0.3) is 0 Å². The first kappa shape index (κ1) is 14.9. The lowest BCUT2D eigenvalue weighted by Crippen LogP contribution is -2.18. The molecule has 0 radical (unpaired) electrons. The van der Waals surface area contributed by atoms with Crippen molar-refractivity contribution < 1.29 is 4.79 Å². The monoisotopic (exact) mass is 343 g/mol. The van der Waals surface area contributed by atoms with E-state index in [0.717, 1.165) is 15.7 Å². The first-order chi connectivity index (χ1) is 9.06. The topological polar surface area (TPSA) is 29.1 Å². The van der Waals surface area contributed by atoms with Crippen LogP contribution in [0.5, 0.6) is 0 Å². The fourth-order valence-electron chi connectivity index (χ4n) is 2.60. The standard InChI is InChI=1S/C15H19BrClNO/c1-10-7-12(16)14(9-13(10)17)18-15(19)8-11-5-3-2-4-6-11/h7,9,11H,2-6,8H2,1H3,(H,18,19). The van der Waals surface area contributed by atoms with E-state index in [9.17, 15) is 4.79 Å². The lowest BCUT2D eigenvalue weighted by molar-refractivity contribution is -0.117. The third kappa shape index (κ3) is 4.22. The quantitative estimate of drug-likeness (QED) is 0.790. The van der Waals surface area contributed by atoms with Crippen molar-refractivity contribution in [2.24, 2.45) is 5.92 Å². The lowest BCUT2D eigenvalue weighted by atomic mass is 9.87. The number of hydrogen-bond acceptors (Lipinski definition) is 1. The predicted octanol–water partition coefficient (Wildman–Crippen LogP) is 5.32. The molecule has 2 nitrogen and oxygen atoms in total. The van der Waals surface area contributed by atoms with Crippen LogP contribution in [0.1, 0.15) is 44.1 Å². The second-order valence-electron chi connectivity index (χ2n) is 5.34. The minimum atomic E-state index is 0.0903. The number of nitrogens with one attached hydrogen (secondary N) is 1. The van der Waals surface area contributed by atoms with Gasteiger partial charge in [-0.25, -0.2) is 0 Å². The van der Waals surface area contributed by atoms with E-state index >= 15 is 0 Å². The zero-order chi connectivity index (χ0) is 13.8. The van der Waals surface area contributed by atoms with Crippen LogP contribution in [-0.4, -0.2) is 5.91 Å². The number of amides is 1. The van der Waals surface area contributed by atoms with Crippen molar-refractivity contribution in [2.45, 2.75) is 45.4 Å². The normalized spacial score (nSPS) is 16.4. The molecule has 1 fully saturated rings. The Morgan fingerprint density at radius 3 is 2.74 bits per heavy atom. The molecule has 1 aromatic rings. The second kappa shape index (κ2) is 6.76. The summed E-state index contributed by atoms with van der Waals surface area (Å²) in [6, 6.07) is 3.73. The molecule has 0 aliphatic heterocycles. The molecule has 0 aromatic heterocycles. The Balaban J connectivity index is 1.96. The average Bonchev–Trinajstić information content (AvgIpc) is 2.37. The summed E-state index contributed by atoms with van der Waals surface area (Å²) >= 11 is 9.55. The molecular weight excluding hydrogens is 326 g/mol. The summed E-state index contributed by atoms with van der Waals surface area (Å²) in [5.41, 5.74) is 1.76. The van der Waals surface area contributed by atoms with Crippen molar-refractivity contribution >= 4 is 39.1 Å². The molecule has 2 rings (SSSR count). The van der Waals surface area contributed by atoms with Crippen LogP contribution in [0.3, 0.4) is 0 Å². The number of anilines is 1. The Morgan fingerprint density at radius 2 is 2.05 bits per heavy atom. The maximum atomic E-state index is 12.1. The first-order valence-corrected chi connectivity index (χ1v) is 7.99. The van der Waals surface area contributed by atoms with Crippen molar-refractivity contribution in [3.63, 3.8) is 0 Å². The first-order valence-electron chi connectivity index (χ1n) is 6.82. The van der Waals surface area contributed by atoms with E-state index in [1.165, 1.54) is 32.1 Å². The maximum absolute atomic E-state index is 12.1. The maximum Gasteiger partial charge on any atom is 0.224 e. The minimum Gasteiger partial charge on any atom is -0.325 e. The molecule has 0 heterocycles. The molecule has 4 heteroatoms. The molecule has 1 N–H and O–H groups in total. The van der Waals surface area contributed by atoms with Crippen LogP contribution < -0.4 is 5.32 Å². The van der Waals surface area contributed by atoms with Gasteiger partial charge in [-0.1, -0.05) is 30.9 Å². The van der Waals surface area contributed by atoms with Gasteiger partial charge in [-0.05, 0) is 59.3 Å². The van der Waals surface area contributed by atoms with Gasteiger partial charge >= 0.3 is 0 Å². The smallest absolute Gasteiger partial charge is 0.224 e. The van der Waals surface area contributed by atoms with E-state index in [4.69, 9.17) is 11.6 Å². The van der Waals surface area contributed by atoms with Gasteiger partial charge in [0.2, 0.25) is 5.91 Å². The highest BCUT2D eigenvalue weighted by molar-refractivity contribution is 9.10. The lowest BCUT2D eigenvalue weighted by Gasteiger charge is -2.21. The van der Waals surface area contributed by atoms with E-state index in [1.807, 2.05) is 13.0 Å². The number of aryl methyl sites for hydroxylation is 1. The van der Waals surface area contributed by atoms with Gasteiger partial charge in [-0.3, -0.25) is 4.79 Å². The zero-order valence-corrected chi connectivity index (χ0v) is 13.5. The largest absolute Gasteiger partial charge is 0.325 e. The molecule has 0 saturated heterocycles. The van der Waals surface area contributed by atoms with E-state index in [-0.39, 0.29) is 5.91 Å². The Labute approximate surface area is 128 Å². The number of hydrogen-bond donors (Lipinski definition) is 1. The van der Waals surface area contributed by atoms with E-state index in [1.54, 1.807) is 6.07 Å². The molecule has 0 unspecified atom stereocenters. The summed E-state index contributed by atoms with van der Waals surface area (Å²) < 4.78 is 0.881. The summed E-state index contributed by atoms with van der Waals surface area (Å²) in [6.45, 7) is 1.95. The number of carbonyl (C=O) groups is 1. The third-order valence-corrected chi connectivity index (χ3v) is 4.78. The molecule has 1 saturated carbocycles. The van der Waals surface area contributed by atoms with Crippen molar-refractivity contribution in [3.05, 3.63) is 27.2 Å². The number of benzene rings is 1. The summed E-state index contributed by atoms with van der Waals surface area (Å²) in [5.74, 6) is 0.640. The van der Waals surface area contributed by atoms with E-state index < -0.39 is 0 Å². The van der Waals surface area contributed by atoms with E-state index in [2.05, 4.69) is 21.2 Å². The van der Waals surface area contributed by atoms with Crippen molar-refractivity contribution in [1.82, 2.24) is 0 Å². The van der Waals surface area contributed by atoms with Gasteiger partial charge in [-0.15, -0.1) is 0 Å². The van der Waals surface area contributed by atoms with Crippen LogP contribution in [0.15, 0.2) is 16.6 Å². The van der Waals surface area contributed by atoms with Gasteiger partial charge in [0.15, 0.2) is 0 Å². The molecule has 1 aliphatic rings. The summed E-state index contributed by atoms with van der Waals surface area (Å²) in [4.78, 5) is 12.1. The van der Waals surface area contributed by atoms with Crippen molar-refractivity contribution in [2.75, 3.05) is 5.32 Å². The number of rotatable bonds is 3. The SMILES string of the molecule is Cc1cc(Br)c(NC(=O)CC2CCCCC2)cc1Cl. The van der Waals surface area contributed by atoms with E-state index in [0.29, 0.717) is 17.4 Å². The minimum absolute atomic E-state index is 0.0903. The van der Waals surface area contributed by atoms with Crippen LogP contribution >= 0.6 is 27.5 Å². The average molecular weight is 345 g/mol. The van der Waals surface area contributed by atoms with Gasteiger partial charge in [-0.2, -0.15) is 0 Å². The summed E-state index contributed by atoms with van der Waals surface area (Å²) in [6.07, 6.45) is 6.83. The Hall–Kier alpha value is -0.540. The second-order valence-corrected chi connectivity index (χ2v) is 6.60. The number of halogens is 2. The summed E-state index contributed by atoms with van der Waals surface area (Å²) in [7, 11) is 0. The fraction of sp³-hybridized carbons (Fsp3) is 0.533. The van der Waals surface area contributed by atoms with Crippen molar-refractivity contribution in [3.8, 4) is 0 Å². The van der Waals surface area contributed by atoms with Crippen molar-refractivity contribution in [1.29, 1.82) is 0 Å². The van der Waals surface area contributed by atoms with Gasteiger partial charge in [0.25, 0.3) is 0 Å². The predicted molar refractivity (Wildman–Crippen MR) is 83.7 cm³/mol. The Bertz CT molecular complexity index is 469. The molecule has 1 amide bonds. The zero-order valence-electron chi connectivity index (χ0n) is 11.1. The highest BCUT2D eigenvalue weighted by Gasteiger charge is 2.17. The summed E-state index contributed by atoms with van der Waals surface area (Å²) in [5, 5.41) is 3.63. The molecule has 1 aromatic carbocycles. The van der Waals surface area contributed by atoms with Gasteiger partial charge in [0, 0.05) is 15.9 Å². The highest BCUT2D eigenvalue weighted by atomic mass is 79.9. The highest BCUT2D eigenvalue weighted by Crippen LogP contribution is 2.30. The fourth-order valence-corrected chi connectivity index (χ4v) is 3.32. The molecule has 1 aliphatic carbocycles. The van der Waals surface area contributed by atoms with Crippen LogP contribution in [0, 0.1) is 12.8 Å². The van der Waals surface area contributed by atoms with Crippen LogP contribution in [-0.2, 0) is 4.79 Å². The van der Waals surface area contributed by atoms with Gasteiger partial charge in [0.05, 0.1) is 5.69 Å². The Morgan fingerprint density at radius 1 is 1.37 bits per heavy atom.